The first-order valence-electron chi connectivity index (χ1n) is 5.81. The van der Waals surface area contributed by atoms with Crippen LogP contribution in [-0.2, 0) is 0 Å². The summed E-state index contributed by atoms with van der Waals surface area (Å²) in [5, 5.41) is 3.35. The summed E-state index contributed by atoms with van der Waals surface area (Å²) in [4.78, 5) is 2.71. The van der Waals surface area contributed by atoms with Crippen molar-refractivity contribution in [3.05, 3.63) is 0 Å². The van der Waals surface area contributed by atoms with Crippen molar-refractivity contribution >= 4 is 0 Å². The first-order chi connectivity index (χ1) is 6.36. The normalized spacial score (nSPS) is 32.5. The minimum atomic E-state index is 0.836. The molecule has 2 nitrogen and oxygen atoms in total. The third-order valence-corrected chi connectivity index (χ3v) is 3.55. The first kappa shape index (κ1) is 9.47. The van der Waals surface area contributed by atoms with Gasteiger partial charge in [0.05, 0.1) is 0 Å². The number of rotatable bonds is 2. The van der Waals surface area contributed by atoms with Crippen LogP contribution in [0, 0.1) is 5.92 Å². The van der Waals surface area contributed by atoms with Gasteiger partial charge in [-0.1, -0.05) is 12.8 Å². The van der Waals surface area contributed by atoms with Gasteiger partial charge in [0.15, 0.2) is 0 Å². The van der Waals surface area contributed by atoms with E-state index in [0.717, 1.165) is 12.0 Å². The Morgan fingerprint density at radius 1 is 1.23 bits per heavy atom. The second-order valence-corrected chi connectivity index (χ2v) is 4.72. The summed E-state index contributed by atoms with van der Waals surface area (Å²) >= 11 is 0. The van der Waals surface area contributed by atoms with E-state index in [1.54, 1.807) is 0 Å². The molecule has 1 atom stereocenters. The maximum Gasteiger partial charge on any atom is 0.00670 e. The number of nitrogens with zero attached hydrogens (tertiary/aromatic N) is 1. The van der Waals surface area contributed by atoms with Gasteiger partial charge in [-0.3, -0.25) is 0 Å². The molecule has 2 heterocycles. The maximum absolute atomic E-state index is 3.35. The zero-order chi connectivity index (χ0) is 9.10. The van der Waals surface area contributed by atoms with Crippen LogP contribution >= 0.6 is 0 Å². The molecule has 2 saturated heterocycles. The fraction of sp³-hybridized carbons (Fsp3) is 1.00. The van der Waals surface area contributed by atoms with Crippen molar-refractivity contribution in [3.63, 3.8) is 0 Å². The minimum absolute atomic E-state index is 0.836. The number of nitrogens with one attached hydrogen (secondary N) is 1. The van der Waals surface area contributed by atoms with Gasteiger partial charge in [0.2, 0.25) is 0 Å². The molecular formula is C11H22N2. The van der Waals surface area contributed by atoms with E-state index < -0.39 is 0 Å². The Bertz CT molecular complexity index is 154. The molecule has 0 aromatic heterocycles. The third kappa shape index (κ3) is 2.44. The van der Waals surface area contributed by atoms with Gasteiger partial charge in [0.1, 0.15) is 0 Å². The highest BCUT2D eigenvalue weighted by atomic mass is 15.2. The molecule has 1 N–H and O–H groups in total. The molecule has 2 aliphatic rings. The molecule has 2 rings (SSSR count). The quantitative estimate of drug-likeness (QED) is 0.695. The van der Waals surface area contributed by atoms with Crippen molar-refractivity contribution in [2.75, 3.05) is 26.2 Å². The van der Waals surface area contributed by atoms with E-state index in [4.69, 9.17) is 0 Å². The molecule has 0 amide bonds. The van der Waals surface area contributed by atoms with Gasteiger partial charge < -0.3 is 10.2 Å². The lowest BCUT2D eigenvalue weighted by Crippen LogP contribution is -2.50. The lowest BCUT2D eigenvalue weighted by molar-refractivity contribution is 0.154. The van der Waals surface area contributed by atoms with Crippen molar-refractivity contribution in [2.45, 2.75) is 38.6 Å². The predicted molar refractivity (Wildman–Crippen MR) is 55.9 cm³/mol. The standard InChI is InChI=1S/C11H22N2/c1-10-5-3-2-4-6-13(10)9-11-7-12-8-11/h10-12H,2-9H2,1H3. The molecule has 0 aliphatic carbocycles. The zero-order valence-electron chi connectivity index (χ0n) is 8.76. The lowest BCUT2D eigenvalue weighted by Gasteiger charge is -2.35. The van der Waals surface area contributed by atoms with Crippen molar-refractivity contribution in [2.24, 2.45) is 5.92 Å². The third-order valence-electron chi connectivity index (χ3n) is 3.55. The summed E-state index contributed by atoms with van der Waals surface area (Å²) in [6, 6.07) is 0.836. The zero-order valence-corrected chi connectivity index (χ0v) is 8.76. The van der Waals surface area contributed by atoms with Gasteiger partial charge in [0, 0.05) is 25.7 Å². The van der Waals surface area contributed by atoms with Crippen LogP contribution in [0.5, 0.6) is 0 Å². The largest absolute Gasteiger partial charge is 0.316 e. The first-order valence-corrected chi connectivity index (χ1v) is 5.81. The summed E-state index contributed by atoms with van der Waals surface area (Å²) in [5.41, 5.74) is 0. The molecule has 0 bridgehead atoms. The molecule has 2 fully saturated rings. The smallest absolute Gasteiger partial charge is 0.00670 e. The van der Waals surface area contributed by atoms with Crippen molar-refractivity contribution in [1.82, 2.24) is 10.2 Å². The highest BCUT2D eigenvalue weighted by molar-refractivity contribution is 4.81. The van der Waals surface area contributed by atoms with Crippen molar-refractivity contribution in [3.8, 4) is 0 Å². The second kappa shape index (κ2) is 4.43. The molecule has 0 aromatic rings. The molecule has 0 spiro atoms. The van der Waals surface area contributed by atoms with Gasteiger partial charge in [-0.15, -0.1) is 0 Å². The molecule has 0 radical (unpaired) electrons. The molecule has 2 heteroatoms. The van der Waals surface area contributed by atoms with Gasteiger partial charge in [-0.2, -0.15) is 0 Å². The molecule has 0 aromatic carbocycles. The highest BCUT2D eigenvalue weighted by Gasteiger charge is 2.23. The molecular weight excluding hydrogens is 160 g/mol. The van der Waals surface area contributed by atoms with Crippen molar-refractivity contribution in [1.29, 1.82) is 0 Å². The number of hydrogen-bond donors (Lipinski definition) is 1. The van der Waals surface area contributed by atoms with E-state index in [1.165, 1.54) is 51.9 Å². The van der Waals surface area contributed by atoms with Crippen LogP contribution in [0.4, 0.5) is 0 Å². The van der Waals surface area contributed by atoms with E-state index >= 15 is 0 Å². The Labute approximate surface area is 81.7 Å². The fourth-order valence-corrected chi connectivity index (χ4v) is 2.41. The summed E-state index contributed by atoms with van der Waals surface area (Å²) < 4.78 is 0. The molecule has 0 saturated carbocycles. The average Bonchev–Trinajstić information content (AvgIpc) is 2.23. The number of likely N-dealkylation sites (tertiary alicyclic amines) is 1. The van der Waals surface area contributed by atoms with Gasteiger partial charge in [-0.25, -0.2) is 0 Å². The van der Waals surface area contributed by atoms with Gasteiger partial charge in [-0.05, 0) is 32.2 Å². The van der Waals surface area contributed by atoms with E-state index in [2.05, 4.69) is 17.1 Å². The van der Waals surface area contributed by atoms with Crippen LogP contribution < -0.4 is 5.32 Å². The topological polar surface area (TPSA) is 15.3 Å². The second-order valence-electron chi connectivity index (χ2n) is 4.72. The molecule has 76 valence electrons. The fourth-order valence-electron chi connectivity index (χ4n) is 2.41. The Kier molecular flexibility index (Phi) is 3.23. The van der Waals surface area contributed by atoms with Crippen LogP contribution in [-0.4, -0.2) is 37.1 Å². The Morgan fingerprint density at radius 2 is 2.08 bits per heavy atom. The lowest BCUT2D eigenvalue weighted by atomic mass is 10.0. The van der Waals surface area contributed by atoms with Crippen LogP contribution in [0.15, 0.2) is 0 Å². The Hall–Kier alpha value is -0.0800. The predicted octanol–water partition coefficient (Wildman–Crippen LogP) is 1.47. The Balaban J connectivity index is 1.79. The van der Waals surface area contributed by atoms with Crippen LogP contribution in [0.2, 0.25) is 0 Å². The highest BCUT2D eigenvalue weighted by Crippen LogP contribution is 2.18. The Morgan fingerprint density at radius 3 is 2.77 bits per heavy atom. The van der Waals surface area contributed by atoms with Gasteiger partial charge in [0.25, 0.3) is 0 Å². The number of hydrogen-bond acceptors (Lipinski definition) is 2. The van der Waals surface area contributed by atoms with Gasteiger partial charge >= 0.3 is 0 Å². The summed E-state index contributed by atoms with van der Waals surface area (Å²) in [5.74, 6) is 0.945. The van der Waals surface area contributed by atoms with Crippen LogP contribution in [0.1, 0.15) is 32.6 Å². The monoisotopic (exact) mass is 182 g/mol. The van der Waals surface area contributed by atoms with E-state index in [0.29, 0.717) is 0 Å². The van der Waals surface area contributed by atoms with E-state index in [-0.39, 0.29) is 0 Å². The SMILES string of the molecule is CC1CCCCCN1CC1CNC1. The summed E-state index contributed by atoms with van der Waals surface area (Å²) in [6.45, 7) is 7.59. The minimum Gasteiger partial charge on any atom is -0.316 e. The van der Waals surface area contributed by atoms with E-state index in [1.807, 2.05) is 0 Å². The van der Waals surface area contributed by atoms with E-state index in [9.17, 15) is 0 Å². The molecule has 2 aliphatic heterocycles. The van der Waals surface area contributed by atoms with Crippen LogP contribution in [0.3, 0.4) is 0 Å². The summed E-state index contributed by atoms with van der Waals surface area (Å²) in [7, 11) is 0. The summed E-state index contributed by atoms with van der Waals surface area (Å²) in [6.07, 6.45) is 5.73. The molecule has 1 unspecified atom stereocenters. The molecule has 13 heavy (non-hydrogen) atoms. The van der Waals surface area contributed by atoms with Crippen molar-refractivity contribution < 1.29 is 0 Å². The van der Waals surface area contributed by atoms with Crippen LogP contribution in [0.25, 0.3) is 0 Å². The maximum atomic E-state index is 3.35. The average molecular weight is 182 g/mol.